The second-order valence-corrected chi connectivity index (χ2v) is 16.2. The summed E-state index contributed by atoms with van der Waals surface area (Å²) in [6, 6.07) is 5.14. The van der Waals surface area contributed by atoms with Gasteiger partial charge < -0.3 is 28.1 Å². The van der Waals surface area contributed by atoms with Crippen molar-refractivity contribution in [2.45, 2.75) is 150 Å². The zero-order valence-electron chi connectivity index (χ0n) is 35.3. The van der Waals surface area contributed by atoms with Crippen LogP contribution in [-0.4, -0.2) is 85.5 Å². The van der Waals surface area contributed by atoms with Gasteiger partial charge in [0.2, 0.25) is 23.5 Å². The Hall–Kier alpha value is -2.92. The summed E-state index contributed by atoms with van der Waals surface area (Å²) >= 11 is 0. The lowest BCUT2D eigenvalue weighted by molar-refractivity contribution is 0.119. The second kappa shape index (κ2) is 21.0. The first-order chi connectivity index (χ1) is 26.9. The van der Waals surface area contributed by atoms with Crippen LogP contribution in [0, 0.1) is 13.8 Å². The van der Waals surface area contributed by atoms with Gasteiger partial charge in [-0.3, -0.25) is 9.80 Å². The van der Waals surface area contributed by atoms with Gasteiger partial charge in [-0.1, -0.05) is 91.2 Å². The van der Waals surface area contributed by atoms with Crippen LogP contribution in [-0.2, 0) is 35.4 Å². The van der Waals surface area contributed by atoms with Crippen molar-refractivity contribution in [1.82, 2.24) is 19.8 Å². The molecule has 1 aromatic carbocycles. The Kier molecular flexibility index (Phi) is 15.9. The Balaban J connectivity index is 1.44. The highest BCUT2D eigenvalue weighted by molar-refractivity contribution is 5.44. The zero-order chi connectivity index (χ0) is 38.6. The van der Waals surface area contributed by atoms with Crippen molar-refractivity contribution in [3.05, 3.63) is 57.6 Å². The molecule has 55 heavy (non-hydrogen) atoms. The highest BCUT2D eigenvalue weighted by Crippen LogP contribution is 2.37. The average Bonchev–Trinajstić information content (AvgIpc) is 3.83. The summed E-state index contributed by atoms with van der Waals surface area (Å²) in [6.07, 6.45) is 14.5. The lowest BCUT2D eigenvalue weighted by Crippen LogP contribution is -2.36. The number of morpholine rings is 2. The largest absolute Gasteiger partial charge is 0.423 e. The van der Waals surface area contributed by atoms with E-state index in [0.717, 1.165) is 119 Å². The third-order valence-electron chi connectivity index (χ3n) is 12.3. The van der Waals surface area contributed by atoms with E-state index in [1.807, 2.05) is 0 Å². The number of ether oxygens (including phenoxy) is 2. The minimum atomic E-state index is 0.115. The monoisotopic (exact) mass is 761 g/mol. The van der Waals surface area contributed by atoms with Gasteiger partial charge in [-0.15, -0.1) is 0 Å². The maximum absolute atomic E-state index is 6.98. The first-order valence-electron chi connectivity index (χ1n) is 22.2. The van der Waals surface area contributed by atoms with Crippen molar-refractivity contribution in [3.8, 4) is 0 Å². The summed E-state index contributed by atoms with van der Waals surface area (Å²) in [5, 5.41) is 0. The molecular formula is C45H72N6O4. The number of unbranched alkanes of at least 4 members (excludes halogenated alkanes) is 6. The van der Waals surface area contributed by atoms with Crippen molar-refractivity contribution < 1.29 is 18.3 Å². The molecule has 3 aromatic rings. The van der Waals surface area contributed by atoms with Crippen LogP contribution in [0.4, 0.5) is 11.8 Å². The summed E-state index contributed by atoms with van der Waals surface area (Å²) in [4.78, 5) is 20.9. The second-order valence-electron chi connectivity index (χ2n) is 16.2. The smallest absolute Gasteiger partial charge is 0.219 e. The number of anilines is 2. The van der Waals surface area contributed by atoms with Crippen LogP contribution in [0.15, 0.2) is 21.0 Å². The third kappa shape index (κ3) is 10.7. The lowest BCUT2D eigenvalue weighted by atomic mass is 9.97. The Labute approximate surface area is 332 Å². The van der Waals surface area contributed by atoms with Gasteiger partial charge in [0.1, 0.15) is 11.4 Å². The van der Waals surface area contributed by atoms with Crippen LogP contribution in [0.2, 0.25) is 0 Å². The number of aromatic nitrogens is 2. The van der Waals surface area contributed by atoms with Crippen molar-refractivity contribution in [3.63, 3.8) is 0 Å². The van der Waals surface area contributed by atoms with Crippen LogP contribution in [0.25, 0.3) is 0 Å². The molecule has 2 atom stereocenters. The molecule has 0 aliphatic carbocycles. The van der Waals surface area contributed by atoms with E-state index in [1.165, 1.54) is 73.6 Å². The van der Waals surface area contributed by atoms with Gasteiger partial charge in [-0.2, -0.15) is 0 Å². The SMILES string of the molecule is CCCCCCC1c2nc(c(N3CCOCC3)o2)CCCc2nc(oc2N2CCOCC2)C(CCCCCC)N(CC)Cc2cc(c(C)cc2C)CN1CC. The average molecular weight is 761 g/mol. The van der Waals surface area contributed by atoms with Gasteiger partial charge in [0.15, 0.2) is 0 Å². The highest BCUT2D eigenvalue weighted by atomic mass is 16.5. The maximum Gasteiger partial charge on any atom is 0.219 e. The van der Waals surface area contributed by atoms with Crippen LogP contribution in [0.3, 0.4) is 0 Å². The van der Waals surface area contributed by atoms with E-state index in [1.54, 1.807) is 0 Å². The van der Waals surface area contributed by atoms with Gasteiger partial charge in [-0.05, 0) is 81.3 Å². The predicted molar refractivity (Wildman–Crippen MR) is 222 cm³/mol. The third-order valence-corrected chi connectivity index (χ3v) is 12.3. The quantitative estimate of drug-likeness (QED) is 0.148. The molecule has 2 aromatic heterocycles. The molecule has 0 saturated carbocycles. The molecule has 3 aliphatic heterocycles. The van der Waals surface area contributed by atoms with Gasteiger partial charge in [-0.25, -0.2) is 9.97 Å². The molecular weight excluding hydrogens is 689 g/mol. The molecule has 10 nitrogen and oxygen atoms in total. The molecule has 0 amide bonds. The summed E-state index contributed by atoms with van der Waals surface area (Å²) < 4.78 is 25.5. The number of aryl methyl sites for hydroxylation is 4. The molecule has 10 heteroatoms. The maximum atomic E-state index is 6.98. The van der Waals surface area contributed by atoms with Crippen molar-refractivity contribution in [2.75, 3.05) is 75.5 Å². The minimum absolute atomic E-state index is 0.115. The fraction of sp³-hybridized carbons (Fsp3) is 0.733. The molecule has 306 valence electrons. The number of benzene rings is 1. The molecule has 6 bridgehead atoms. The number of hydrogen-bond acceptors (Lipinski definition) is 10. The van der Waals surface area contributed by atoms with Gasteiger partial charge in [0, 0.05) is 39.3 Å². The lowest BCUT2D eigenvalue weighted by Gasteiger charge is -2.31. The number of nitrogens with zero attached hydrogens (tertiary/aromatic N) is 6. The van der Waals surface area contributed by atoms with Crippen molar-refractivity contribution in [2.24, 2.45) is 0 Å². The van der Waals surface area contributed by atoms with Gasteiger partial charge in [0.05, 0.1) is 38.5 Å². The molecule has 5 heterocycles. The van der Waals surface area contributed by atoms with Gasteiger partial charge in [0.25, 0.3) is 0 Å². The van der Waals surface area contributed by atoms with E-state index in [2.05, 4.69) is 73.3 Å². The number of rotatable bonds is 14. The van der Waals surface area contributed by atoms with Crippen molar-refractivity contribution >= 4 is 11.8 Å². The summed E-state index contributed by atoms with van der Waals surface area (Å²) in [7, 11) is 0. The van der Waals surface area contributed by atoms with Crippen LogP contribution in [0.5, 0.6) is 0 Å². The van der Waals surface area contributed by atoms with E-state index >= 15 is 0 Å². The highest BCUT2D eigenvalue weighted by Gasteiger charge is 2.32. The standard InChI is InChI=1S/C45H72N6O4/c1-7-11-13-15-20-40-42-46-38(44(54-42)50-22-26-52-27-23-50)18-17-19-39-45(51-24-28-53-29-25-51)55-43(47-39)41(21-16-14-12-8-2)49(10-4)33-37-31-36(32-48(40)9-3)34(5)30-35(37)6/h30-31,40-41H,7-29,32-33H2,1-6H3. The first kappa shape index (κ1) is 41.7. The number of hydrogen-bond donors (Lipinski definition) is 0. The van der Waals surface area contributed by atoms with Crippen LogP contribution < -0.4 is 9.80 Å². The summed E-state index contributed by atoms with van der Waals surface area (Å²) in [5.74, 6) is 3.64. The molecule has 6 rings (SSSR count). The summed E-state index contributed by atoms with van der Waals surface area (Å²) in [5.41, 5.74) is 7.64. The van der Waals surface area contributed by atoms with E-state index in [0.29, 0.717) is 26.4 Å². The Morgan fingerprint density at radius 1 is 0.582 bits per heavy atom. The van der Waals surface area contributed by atoms with Crippen molar-refractivity contribution in [1.29, 1.82) is 0 Å². The topological polar surface area (TPSA) is 83.5 Å². The first-order valence-corrected chi connectivity index (χ1v) is 22.2. The molecule has 0 spiro atoms. The molecule has 0 N–H and O–H groups in total. The molecule has 2 fully saturated rings. The molecule has 3 aliphatic rings. The van der Waals surface area contributed by atoms with Crippen LogP contribution in [0.1, 0.15) is 156 Å². The normalized spacial score (nSPS) is 20.8. The van der Waals surface area contributed by atoms with E-state index < -0.39 is 0 Å². The zero-order valence-corrected chi connectivity index (χ0v) is 35.3. The van der Waals surface area contributed by atoms with Crippen LogP contribution >= 0.6 is 0 Å². The fourth-order valence-corrected chi connectivity index (χ4v) is 8.85. The molecule has 2 saturated heterocycles. The minimum Gasteiger partial charge on any atom is -0.423 e. The molecule has 0 radical (unpaired) electrons. The Morgan fingerprint density at radius 3 is 1.42 bits per heavy atom. The Morgan fingerprint density at radius 2 is 1.02 bits per heavy atom. The fourth-order valence-electron chi connectivity index (χ4n) is 8.85. The predicted octanol–water partition coefficient (Wildman–Crippen LogP) is 9.51. The van der Waals surface area contributed by atoms with E-state index in [-0.39, 0.29) is 12.1 Å². The number of fused-ring (bicyclic) bond motifs is 6. The van der Waals surface area contributed by atoms with Gasteiger partial charge >= 0.3 is 0 Å². The summed E-state index contributed by atoms with van der Waals surface area (Å²) in [6.45, 7) is 23.5. The Bertz CT molecular complexity index is 1480. The van der Waals surface area contributed by atoms with E-state index in [9.17, 15) is 0 Å². The van der Waals surface area contributed by atoms with E-state index in [4.69, 9.17) is 28.3 Å². The number of oxazole rings is 2. The molecule has 2 unspecified atom stereocenters.